The number of piperidine rings is 1. The molecule has 0 amide bonds. The smallest absolute Gasteiger partial charge is 0.308 e. The van der Waals surface area contributed by atoms with Crippen LogP contribution in [0, 0.1) is 18.8 Å². The zero-order valence-corrected chi connectivity index (χ0v) is 12.7. The Morgan fingerprint density at radius 3 is 2.55 bits per heavy atom. The molecular formula is C15H19N5O2. The highest BCUT2D eigenvalue weighted by Crippen LogP contribution is 2.25. The predicted octanol–water partition coefficient (Wildman–Crippen LogP) is 1.52. The third-order valence-corrected chi connectivity index (χ3v) is 3.93. The summed E-state index contributed by atoms with van der Waals surface area (Å²) in [5, 5.41) is 22.0. The second kappa shape index (κ2) is 5.75. The summed E-state index contributed by atoms with van der Waals surface area (Å²) in [7, 11) is 0. The molecule has 1 aliphatic rings. The lowest BCUT2D eigenvalue weighted by Gasteiger charge is -2.35. The van der Waals surface area contributed by atoms with Crippen molar-refractivity contribution in [1.82, 2.24) is 20.0 Å². The highest BCUT2D eigenvalue weighted by molar-refractivity contribution is 5.71. The lowest BCUT2D eigenvalue weighted by atomic mass is 9.90. The SMILES string of the molecule is Cc1ccn(-c2ccc(N3CC(C)CC(C(=O)O)C3)nn2)n1. The minimum Gasteiger partial charge on any atom is -0.481 e. The van der Waals surface area contributed by atoms with Gasteiger partial charge in [-0.2, -0.15) is 5.10 Å². The Hall–Kier alpha value is -2.44. The summed E-state index contributed by atoms with van der Waals surface area (Å²) in [6, 6.07) is 5.62. The second-order valence-corrected chi connectivity index (χ2v) is 5.93. The summed E-state index contributed by atoms with van der Waals surface area (Å²) in [5.74, 6) is 0.597. The van der Waals surface area contributed by atoms with E-state index in [2.05, 4.69) is 22.2 Å². The van der Waals surface area contributed by atoms with Crippen molar-refractivity contribution < 1.29 is 9.90 Å². The molecule has 7 nitrogen and oxygen atoms in total. The third kappa shape index (κ3) is 2.93. The third-order valence-electron chi connectivity index (χ3n) is 3.93. The van der Waals surface area contributed by atoms with E-state index in [1.165, 1.54) is 0 Å². The van der Waals surface area contributed by atoms with E-state index >= 15 is 0 Å². The van der Waals surface area contributed by atoms with E-state index in [1.807, 2.05) is 36.2 Å². The number of hydrogen-bond donors (Lipinski definition) is 1. The summed E-state index contributed by atoms with van der Waals surface area (Å²) >= 11 is 0. The maximum Gasteiger partial charge on any atom is 0.308 e. The molecule has 1 fully saturated rings. The van der Waals surface area contributed by atoms with Gasteiger partial charge in [0.05, 0.1) is 11.6 Å². The van der Waals surface area contributed by atoms with Gasteiger partial charge in [-0.25, -0.2) is 4.68 Å². The van der Waals surface area contributed by atoms with E-state index in [0.717, 1.165) is 12.2 Å². The number of hydrogen-bond acceptors (Lipinski definition) is 5. The molecule has 22 heavy (non-hydrogen) atoms. The molecule has 1 N–H and O–H groups in total. The minimum absolute atomic E-state index is 0.324. The van der Waals surface area contributed by atoms with Crippen LogP contribution in [0.2, 0.25) is 0 Å². The first-order valence-corrected chi connectivity index (χ1v) is 7.37. The lowest BCUT2D eigenvalue weighted by molar-refractivity contribution is -0.142. The van der Waals surface area contributed by atoms with E-state index in [-0.39, 0.29) is 5.92 Å². The van der Waals surface area contributed by atoms with E-state index in [1.54, 1.807) is 4.68 Å². The van der Waals surface area contributed by atoms with E-state index < -0.39 is 5.97 Å². The quantitative estimate of drug-likeness (QED) is 0.925. The Morgan fingerprint density at radius 1 is 1.23 bits per heavy atom. The van der Waals surface area contributed by atoms with Gasteiger partial charge in [-0.1, -0.05) is 6.92 Å². The van der Waals surface area contributed by atoms with Crippen LogP contribution in [0.25, 0.3) is 5.82 Å². The number of aliphatic carboxylic acids is 1. The highest BCUT2D eigenvalue weighted by atomic mass is 16.4. The first-order valence-electron chi connectivity index (χ1n) is 7.37. The molecule has 3 heterocycles. The number of aryl methyl sites for hydroxylation is 1. The number of rotatable bonds is 3. The molecule has 0 bridgehead atoms. The molecular weight excluding hydrogens is 282 g/mol. The number of aromatic nitrogens is 4. The van der Waals surface area contributed by atoms with Crippen LogP contribution >= 0.6 is 0 Å². The molecule has 0 aliphatic carbocycles. The van der Waals surface area contributed by atoms with Crippen LogP contribution in [-0.4, -0.2) is 44.1 Å². The number of nitrogens with zero attached hydrogens (tertiary/aromatic N) is 5. The minimum atomic E-state index is -0.742. The molecule has 2 atom stereocenters. The van der Waals surface area contributed by atoms with Gasteiger partial charge in [0.15, 0.2) is 11.6 Å². The second-order valence-electron chi connectivity index (χ2n) is 5.93. The molecule has 0 spiro atoms. The fourth-order valence-electron chi connectivity index (χ4n) is 2.87. The lowest BCUT2D eigenvalue weighted by Crippen LogP contribution is -2.43. The van der Waals surface area contributed by atoms with Crippen LogP contribution in [0.15, 0.2) is 24.4 Å². The van der Waals surface area contributed by atoms with Crippen molar-refractivity contribution in [2.24, 2.45) is 11.8 Å². The summed E-state index contributed by atoms with van der Waals surface area (Å²) in [5.41, 5.74) is 0.917. The van der Waals surface area contributed by atoms with Crippen molar-refractivity contribution in [3.8, 4) is 5.82 Å². The van der Waals surface area contributed by atoms with E-state index in [4.69, 9.17) is 0 Å². The molecule has 0 radical (unpaired) electrons. The number of carboxylic acid groups (broad SMARTS) is 1. The Morgan fingerprint density at radius 2 is 1.95 bits per heavy atom. The van der Waals surface area contributed by atoms with Gasteiger partial charge in [0.25, 0.3) is 0 Å². The highest BCUT2D eigenvalue weighted by Gasteiger charge is 2.30. The van der Waals surface area contributed by atoms with Crippen LogP contribution in [-0.2, 0) is 4.79 Å². The molecule has 7 heteroatoms. The largest absolute Gasteiger partial charge is 0.481 e. The summed E-state index contributed by atoms with van der Waals surface area (Å²) in [6.45, 7) is 5.27. The fourth-order valence-corrected chi connectivity index (χ4v) is 2.87. The number of carboxylic acids is 1. The maximum absolute atomic E-state index is 11.2. The predicted molar refractivity (Wildman–Crippen MR) is 81.0 cm³/mol. The van der Waals surface area contributed by atoms with E-state index in [9.17, 15) is 9.90 Å². The van der Waals surface area contributed by atoms with Crippen molar-refractivity contribution in [1.29, 1.82) is 0 Å². The van der Waals surface area contributed by atoms with Gasteiger partial charge in [0.2, 0.25) is 0 Å². The van der Waals surface area contributed by atoms with Gasteiger partial charge in [0, 0.05) is 19.3 Å². The van der Waals surface area contributed by atoms with Crippen molar-refractivity contribution in [3.05, 3.63) is 30.1 Å². The average Bonchev–Trinajstić information content (AvgIpc) is 2.93. The molecule has 0 saturated carbocycles. The van der Waals surface area contributed by atoms with Crippen LogP contribution in [0.4, 0.5) is 5.82 Å². The standard InChI is InChI=1S/C15H19N5O2/c1-10-7-12(15(21)22)9-19(8-10)13-3-4-14(17-16-13)20-6-5-11(2)18-20/h3-6,10,12H,7-9H2,1-2H3,(H,21,22). The Labute approximate surface area is 128 Å². The normalized spacial score (nSPS) is 21.8. The molecule has 116 valence electrons. The van der Waals surface area contributed by atoms with Crippen LogP contribution < -0.4 is 4.90 Å². The van der Waals surface area contributed by atoms with Gasteiger partial charge in [-0.3, -0.25) is 4.79 Å². The Kier molecular flexibility index (Phi) is 3.79. The van der Waals surface area contributed by atoms with Gasteiger partial charge in [-0.05, 0) is 37.5 Å². The molecule has 1 aliphatic heterocycles. The van der Waals surface area contributed by atoms with E-state index in [0.29, 0.717) is 30.5 Å². The number of carbonyl (C=O) groups is 1. The zero-order valence-electron chi connectivity index (χ0n) is 12.7. The van der Waals surface area contributed by atoms with Crippen molar-refractivity contribution >= 4 is 11.8 Å². The van der Waals surface area contributed by atoms with Crippen molar-refractivity contribution in [2.75, 3.05) is 18.0 Å². The molecule has 2 unspecified atom stereocenters. The molecule has 2 aromatic heterocycles. The molecule has 3 rings (SSSR count). The summed E-state index contributed by atoms with van der Waals surface area (Å²) in [4.78, 5) is 13.2. The first-order chi connectivity index (χ1) is 10.5. The van der Waals surface area contributed by atoms with Gasteiger partial charge in [0.1, 0.15) is 0 Å². The maximum atomic E-state index is 11.2. The van der Waals surface area contributed by atoms with Gasteiger partial charge < -0.3 is 10.0 Å². The molecule has 0 aromatic carbocycles. The van der Waals surface area contributed by atoms with Crippen molar-refractivity contribution in [2.45, 2.75) is 20.3 Å². The summed E-state index contributed by atoms with van der Waals surface area (Å²) in [6.07, 6.45) is 2.55. The van der Waals surface area contributed by atoms with Crippen LogP contribution in [0.1, 0.15) is 19.0 Å². The van der Waals surface area contributed by atoms with Crippen LogP contribution in [0.5, 0.6) is 0 Å². The van der Waals surface area contributed by atoms with Crippen LogP contribution in [0.3, 0.4) is 0 Å². The summed E-state index contributed by atoms with van der Waals surface area (Å²) < 4.78 is 1.67. The van der Waals surface area contributed by atoms with Gasteiger partial charge >= 0.3 is 5.97 Å². The fraction of sp³-hybridized carbons (Fsp3) is 0.467. The molecule has 1 saturated heterocycles. The van der Waals surface area contributed by atoms with Gasteiger partial charge in [-0.15, -0.1) is 10.2 Å². The zero-order chi connectivity index (χ0) is 15.7. The topological polar surface area (TPSA) is 84.1 Å². The first kappa shape index (κ1) is 14.5. The Bertz CT molecular complexity index is 667. The number of anilines is 1. The van der Waals surface area contributed by atoms with Crippen molar-refractivity contribution in [3.63, 3.8) is 0 Å². The Balaban J connectivity index is 1.78. The molecule has 2 aromatic rings. The average molecular weight is 301 g/mol. The monoisotopic (exact) mass is 301 g/mol.